The minimum absolute atomic E-state index is 0.00619. The summed E-state index contributed by atoms with van der Waals surface area (Å²) >= 11 is 0. The third kappa shape index (κ3) is 3.70. The third-order valence-electron chi connectivity index (χ3n) is 3.61. The molecule has 0 aliphatic carbocycles. The number of likely N-dealkylation sites (N-methyl/N-ethyl adjacent to an activating group) is 1. The SMILES string of the molecule is CCC(N)(CC)C(=O)N(C)Cc1ccc(OC)cc1. The van der Waals surface area contributed by atoms with Gasteiger partial charge >= 0.3 is 0 Å². The first-order chi connectivity index (χ1) is 8.96. The lowest BCUT2D eigenvalue weighted by Crippen LogP contribution is -2.53. The summed E-state index contributed by atoms with van der Waals surface area (Å²) < 4.78 is 5.11. The first-order valence-electron chi connectivity index (χ1n) is 6.64. The highest BCUT2D eigenvalue weighted by molar-refractivity contribution is 5.85. The van der Waals surface area contributed by atoms with Crippen LogP contribution >= 0.6 is 0 Å². The number of hydrogen-bond acceptors (Lipinski definition) is 3. The molecular formula is C15H24N2O2. The monoisotopic (exact) mass is 264 g/mol. The summed E-state index contributed by atoms with van der Waals surface area (Å²) in [5.41, 5.74) is 6.44. The van der Waals surface area contributed by atoms with E-state index < -0.39 is 5.54 Å². The Morgan fingerprint density at radius 3 is 2.21 bits per heavy atom. The summed E-state index contributed by atoms with van der Waals surface area (Å²) in [7, 11) is 3.43. The minimum atomic E-state index is -0.749. The first kappa shape index (κ1) is 15.5. The van der Waals surface area contributed by atoms with Crippen LogP contribution < -0.4 is 10.5 Å². The van der Waals surface area contributed by atoms with Crippen LogP contribution in [0.5, 0.6) is 5.75 Å². The maximum atomic E-state index is 12.3. The van der Waals surface area contributed by atoms with E-state index in [1.165, 1.54) is 0 Å². The standard InChI is InChI=1S/C15H24N2O2/c1-5-15(16,6-2)14(18)17(3)11-12-7-9-13(19-4)10-8-12/h7-10H,5-6,11,16H2,1-4H3. The van der Waals surface area contributed by atoms with Crippen LogP contribution in [0.2, 0.25) is 0 Å². The van der Waals surface area contributed by atoms with Crippen LogP contribution in [0.1, 0.15) is 32.3 Å². The Morgan fingerprint density at radius 1 is 1.26 bits per heavy atom. The van der Waals surface area contributed by atoms with E-state index in [1.54, 1.807) is 19.1 Å². The Bertz CT molecular complexity index is 411. The fraction of sp³-hybridized carbons (Fsp3) is 0.533. The van der Waals surface area contributed by atoms with E-state index in [9.17, 15) is 4.79 Å². The van der Waals surface area contributed by atoms with Gasteiger partial charge in [-0.2, -0.15) is 0 Å². The molecule has 0 aromatic heterocycles. The molecule has 106 valence electrons. The number of nitrogens with two attached hydrogens (primary N) is 1. The molecule has 0 aliphatic rings. The second-order valence-electron chi connectivity index (χ2n) is 4.87. The molecule has 2 N–H and O–H groups in total. The molecule has 0 bridgehead atoms. The van der Waals surface area contributed by atoms with Crippen LogP contribution in [0, 0.1) is 0 Å². The van der Waals surface area contributed by atoms with Gasteiger partial charge in [0.2, 0.25) is 5.91 Å². The lowest BCUT2D eigenvalue weighted by molar-refractivity contribution is -0.136. The number of nitrogens with zero attached hydrogens (tertiary/aromatic N) is 1. The van der Waals surface area contributed by atoms with Gasteiger partial charge in [-0.15, -0.1) is 0 Å². The van der Waals surface area contributed by atoms with Crippen molar-refractivity contribution in [2.24, 2.45) is 5.73 Å². The number of hydrogen-bond donors (Lipinski definition) is 1. The lowest BCUT2D eigenvalue weighted by Gasteiger charge is -2.30. The fourth-order valence-corrected chi connectivity index (χ4v) is 2.01. The van der Waals surface area contributed by atoms with E-state index in [0.717, 1.165) is 11.3 Å². The summed E-state index contributed by atoms with van der Waals surface area (Å²) in [5.74, 6) is 0.807. The van der Waals surface area contributed by atoms with E-state index in [1.807, 2.05) is 38.1 Å². The van der Waals surface area contributed by atoms with Gasteiger partial charge in [0.1, 0.15) is 5.75 Å². The molecule has 1 amide bonds. The smallest absolute Gasteiger partial charge is 0.242 e. The normalized spacial score (nSPS) is 11.2. The molecule has 1 aromatic carbocycles. The van der Waals surface area contributed by atoms with Crippen LogP contribution in [0.4, 0.5) is 0 Å². The third-order valence-corrected chi connectivity index (χ3v) is 3.61. The van der Waals surface area contributed by atoms with E-state index in [0.29, 0.717) is 19.4 Å². The molecule has 1 aromatic rings. The number of rotatable bonds is 6. The molecule has 0 fully saturated rings. The number of methoxy groups -OCH3 is 1. The van der Waals surface area contributed by atoms with Gasteiger partial charge < -0.3 is 15.4 Å². The molecular weight excluding hydrogens is 240 g/mol. The first-order valence-corrected chi connectivity index (χ1v) is 6.64. The van der Waals surface area contributed by atoms with Crippen molar-refractivity contribution in [2.45, 2.75) is 38.8 Å². The van der Waals surface area contributed by atoms with E-state index >= 15 is 0 Å². The predicted molar refractivity (Wildman–Crippen MR) is 77.0 cm³/mol. The Labute approximate surface area is 115 Å². The van der Waals surface area contributed by atoms with Crippen molar-refractivity contribution in [3.05, 3.63) is 29.8 Å². The molecule has 4 nitrogen and oxygen atoms in total. The second kappa shape index (κ2) is 6.57. The van der Waals surface area contributed by atoms with E-state index in [-0.39, 0.29) is 5.91 Å². The van der Waals surface area contributed by atoms with Crippen molar-refractivity contribution in [3.63, 3.8) is 0 Å². The number of carbonyl (C=O) groups is 1. The van der Waals surface area contributed by atoms with Gasteiger partial charge in [0.25, 0.3) is 0 Å². The maximum Gasteiger partial charge on any atom is 0.242 e. The molecule has 0 saturated carbocycles. The van der Waals surface area contributed by atoms with Gasteiger partial charge in [0, 0.05) is 13.6 Å². The second-order valence-corrected chi connectivity index (χ2v) is 4.87. The Hall–Kier alpha value is -1.55. The minimum Gasteiger partial charge on any atom is -0.497 e. The molecule has 19 heavy (non-hydrogen) atoms. The molecule has 0 radical (unpaired) electrons. The van der Waals surface area contributed by atoms with Gasteiger partial charge in [-0.1, -0.05) is 26.0 Å². The number of ether oxygens (including phenoxy) is 1. The Kier molecular flexibility index (Phi) is 5.36. The van der Waals surface area contributed by atoms with Crippen LogP contribution in [-0.2, 0) is 11.3 Å². The molecule has 0 spiro atoms. The highest BCUT2D eigenvalue weighted by Crippen LogP contribution is 2.17. The van der Waals surface area contributed by atoms with Crippen molar-refractivity contribution in [1.29, 1.82) is 0 Å². The van der Waals surface area contributed by atoms with Crippen molar-refractivity contribution in [1.82, 2.24) is 4.90 Å². The van der Waals surface area contributed by atoms with Gasteiger partial charge in [0.15, 0.2) is 0 Å². The Balaban J connectivity index is 2.73. The Morgan fingerprint density at radius 2 is 1.79 bits per heavy atom. The molecule has 0 saturated heterocycles. The van der Waals surface area contributed by atoms with Gasteiger partial charge in [0.05, 0.1) is 12.6 Å². The van der Waals surface area contributed by atoms with Crippen molar-refractivity contribution in [3.8, 4) is 5.75 Å². The zero-order valence-corrected chi connectivity index (χ0v) is 12.3. The van der Waals surface area contributed by atoms with Crippen LogP contribution in [-0.4, -0.2) is 30.5 Å². The van der Waals surface area contributed by atoms with Crippen molar-refractivity contribution < 1.29 is 9.53 Å². The summed E-state index contributed by atoms with van der Waals surface area (Å²) in [4.78, 5) is 14.0. The van der Waals surface area contributed by atoms with Crippen molar-refractivity contribution >= 4 is 5.91 Å². The number of benzene rings is 1. The van der Waals surface area contributed by atoms with Crippen molar-refractivity contribution in [2.75, 3.05) is 14.2 Å². The largest absolute Gasteiger partial charge is 0.497 e. The topological polar surface area (TPSA) is 55.6 Å². The van der Waals surface area contributed by atoms with Gasteiger partial charge in [-0.3, -0.25) is 4.79 Å². The molecule has 0 unspecified atom stereocenters. The zero-order chi connectivity index (χ0) is 14.5. The van der Waals surface area contributed by atoms with E-state index in [2.05, 4.69) is 0 Å². The van der Waals surface area contributed by atoms with Crippen LogP contribution in [0.3, 0.4) is 0 Å². The summed E-state index contributed by atoms with van der Waals surface area (Å²) in [6.07, 6.45) is 1.30. The zero-order valence-electron chi connectivity index (χ0n) is 12.3. The average Bonchev–Trinajstić information content (AvgIpc) is 2.46. The summed E-state index contributed by atoms with van der Waals surface area (Å²) in [5, 5.41) is 0. The summed E-state index contributed by atoms with van der Waals surface area (Å²) in [6.45, 7) is 4.45. The quantitative estimate of drug-likeness (QED) is 0.856. The molecule has 1 rings (SSSR count). The fourth-order valence-electron chi connectivity index (χ4n) is 2.01. The van der Waals surface area contributed by atoms with Gasteiger partial charge in [-0.25, -0.2) is 0 Å². The molecule has 0 atom stereocenters. The molecule has 0 aliphatic heterocycles. The molecule has 4 heteroatoms. The number of carbonyl (C=O) groups excluding carboxylic acids is 1. The maximum absolute atomic E-state index is 12.3. The van der Waals surface area contributed by atoms with E-state index in [4.69, 9.17) is 10.5 Å². The van der Waals surface area contributed by atoms with Crippen LogP contribution in [0.25, 0.3) is 0 Å². The lowest BCUT2D eigenvalue weighted by atomic mass is 9.92. The predicted octanol–water partition coefficient (Wildman–Crippen LogP) is 2.17. The van der Waals surface area contributed by atoms with Gasteiger partial charge in [-0.05, 0) is 30.5 Å². The average molecular weight is 264 g/mol. The molecule has 0 heterocycles. The van der Waals surface area contributed by atoms with Crippen LogP contribution in [0.15, 0.2) is 24.3 Å². The number of amides is 1. The highest BCUT2D eigenvalue weighted by atomic mass is 16.5. The summed E-state index contributed by atoms with van der Waals surface area (Å²) in [6, 6.07) is 7.70. The highest BCUT2D eigenvalue weighted by Gasteiger charge is 2.32.